The van der Waals surface area contributed by atoms with E-state index in [9.17, 15) is 24.8 Å². The molecule has 2 saturated heterocycles. The third-order valence-corrected chi connectivity index (χ3v) is 11.1. The highest BCUT2D eigenvalue weighted by Crippen LogP contribution is 2.64. The van der Waals surface area contributed by atoms with Gasteiger partial charge < -0.3 is 19.5 Å². The quantitative estimate of drug-likeness (QED) is 0.418. The number of piperazine rings is 1. The largest absolute Gasteiger partial charge is 0.454 e. The van der Waals surface area contributed by atoms with Crippen molar-refractivity contribution in [3.63, 3.8) is 0 Å². The summed E-state index contributed by atoms with van der Waals surface area (Å²) in [5.74, 6) is 0.519. The first-order valence-electron chi connectivity index (χ1n) is 13.7. The van der Waals surface area contributed by atoms with Gasteiger partial charge in [0.25, 0.3) is 5.91 Å². The Morgan fingerprint density at radius 2 is 1.51 bits per heavy atom. The lowest BCUT2D eigenvalue weighted by Gasteiger charge is -2.56. The summed E-state index contributed by atoms with van der Waals surface area (Å²) in [6.07, 6.45) is -1.43. The average molecular weight is 616 g/mol. The number of aliphatic hydroxyl groups excluding tert-OH is 1. The minimum absolute atomic E-state index is 0.0104. The smallest absolute Gasteiger partial charge is 0.255 e. The number of amides is 1. The van der Waals surface area contributed by atoms with E-state index in [0.29, 0.717) is 28.2 Å². The number of benzene rings is 3. The van der Waals surface area contributed by atoms with Gasteiger partial charge in [-0.3, -0.25) is 19.3 Å². The standard InChI is InChI=1S/C32H29N3O6S2/c1-30(18-33)17-32(43-27(37)21-12-8-5-9-13-21)29(39)34(3)31(2,42-26(36)20-10-6-4-7-11-20)28(38)35(32)25(30)22-14-15-23-24(16-22)41-19-40-23/h4-16,25,29,39H,17,19H2,1-3H3/t25?,29?,30-,31+,32+/m1/s1. The zero-order valence-corrected chi connectivity index (χ0v) is 25.4. The Labute approximate surface area is 257 Å². The van der Waals surface area contributed by atoms with Crippen LogP contribution in [-0.2, 0) is 4.79 Å². The van der Waals surface area contributed by atoms with Crippen LogP contribution in [-0.4, -0.2) is 60.9 Å². The number of rotatable bonds is 5. The summed E-state index contributed by atoms with van der Waals surface area (Å²) in [4.78, 5) is 41.9. The number of thioether (sulfide) groups is 2. The molecule has 1 N–H and O–H groups in total. The molecule has 0 saturated carbocycles. The molecule has 5 atom stereocenters. The van der Waals surface area contributed by atoms with E-state index in [-0.39, 0.29) is 23.4 Å². The van der Waals surface area contributed by atoms with Crippen molar-refractivity contribution in [2.24, 2.45) is 5.41 Å². The molecule has 0 bridgehead atoms. The maximum absolute atomic E-state index is 14.9. The molecule has 11 heteroatoms. The lowest BCUT2D eigenvalue weighted by atomic mass is 9.79. The molecule has 0 radical (unpaired) electrons. The van der Waals surface area contributed by atoms with Crippen LogP contribution >= 0.6 is 23.5 Å². The number of ether oxygens (including phenoxy) is 2. The number of nitriles is 1. The van der Waals surface area contributed by atoms with Gasteiger partial charge in [-0.1, -0.05) is 90.3 Å². The Morgan fingerprint density at radius 1 is 0.930 bits per heavy atom. The maximum Gasteiger partial charge on any atom is 0.255 e. The second kappa shape index (κ2) is 10.7. The second-order valence-electron chi connectivity index (χ2n) is 11.2. The van der Waals surface area contributed by atoms with Gasteiger partial charge in [0.2, 0.25) is 17.0 Å². The summed E-state index contributed by atoms with van der Waals surface area (Å²) in [5, 5.41) is 22.1. The van der Waals surface area contributed by atoms with Crippen LogP contribution in [0.1, 0.15) is 52.6 Å². The van der Waals surface area contributed by atoms with Crippen molar-refractivity contribution in [1.82, 2.24) is 9.80 Å². The zero-order chi connectivity index (χ0) is 30.6. The van der Waals surface area contributed by atoms with Crippen molar-refractivity contribution in [2.45, 2.75) is 42.3 Å². The molecule has 2 unspecified atom stereocenters. The van der Waals surface area contributed by atoms with Gasteiger partial charge in [-0.05, 0) is 38.6 Å². The van der Waals surface area contributed by atoms with Gasteiger partial charge >= 0.3 is 0 Å². The number of nitrogens with zero attached hydrogens (tertiary/aromatic N) is 3. The van der Waals surface area contributed by atoms with Gasteiger partial charge in [-0.25, -0.2) is 0 Å². The van der Waals surface area contributed by atoms with Crippen LogP contribution in [0.2, 0.25) is 0 Å². The molecule has 3 aliphatic heterocycles. The second-order valence-corrected chi connectivity index (χ2v) is 13.9. The minimum atomic E-state index is -1.57. The van der Waals surface area contributed by atoms with Gasteiger partial charge in [0.1, 0.15) is 11.1 Å². The van der Waals surface area contributed by atoms with E-state index in [0.717, 1.165) is 23.5 Å². The molecular weight excluding hydrogens is 587 g/mol. The molecule has 3 aromatic rings. The highest BCUT2D eigenvalue weighted by atomic mass is 32.2. The SMILES string of the molecule is CN1C(O)[C@@]2(SC(=O)c3ccccc3)C[C@](C)(C#N)C(c3ccc4c(c3)OCO4)N2C(=O)[C@]1(C)SC(=O)c1ccccc1. The third kappa shape index (κ3) is 4.60. The van der Waals surface area contributed by atoms with E-state index in [1.54, 1.807) is 99.8 Å². The topological polar surface area (TPSA) is 120 Å². The molecule has 9 nitrogen and oxygen atoms in total. The molecule has 3 aliphatic rings. The lowest BCUT2D eigenvalue weighted by Crippen LogP contribution is -2.73. The molecule has 3 aromatic carbocycles. The van der Waals surface area contributed by atoms with Crippen LogP contribution in [0.4, 0.5) is 0 Å². The van der Waals surface area contributed by atoms with Crippen molar-refractivity contribution in [1.29, 1.82) is 5.26 Å². The molecule has 0 spiro atoms. The fourth-order valence-electron chi connectivity index (χ4n) is 6.19. The van der Waals surface area contributed by atoms with Crippen LogP contribution < -0.4 is 9.47 Å². The van der Waals surface area contributed by atoms with Gasteiger partial charge in [-0.15, -0.1) is 0 Å². The molecule has 3 heterocycles. The van der Waals surface area contributed by atoms with Gasteiger partial charge in [0.15, 0.2) is 16.4 Å². The fourth-order valence-corrected chi connectivity index (χ4v) is 8.73. The van der Waals surface area contributed by atoms with Gasteiger partial charge in [0.05, 0.1) is 17.5 Å². The van der Waals surface area contributed by atoms with Crippen molar-refractivity contribution >= 4 is 39.7 Å². The van der Waals surface area contributed by atoms with Crippen molar-refractivity contribution < 1.29 is 29.0 Å². The van der Waals surface area contributed by atoms with E-state index in [1.807, 2.05) is 0 Å². The highest BCUT2D eigenvalue weighted by Gasteiger charge is 2.71. The first kappa shape index (κ1) is 29.3. The first-order valence-corrected chi connectivity index (χ1v) is 15.3. The monoisotopic (exact) mass is 615 g/mol. The van der Waals surface area contributed by atoms with E-state index in [4.69, 9.17) is 9.47 Å². The Balaban J connectivity index is 1.50. The van der Waals surface area contributed by atoms with Crippen molar-refractivity contribution in [3.05, 3.63) is 95.6 Å². The lowest BCUT2D eigenvalue weighted by molar-refractivity contribution is -0.172. The maximum atomic E-state index is 14.9. The van der Waals surface area contributed by atoms with Crippen LogP contribution in [0.5, 0.6) is 11.5 Å². The van der Waals surface area contributed by atoms with Crippen LogP contribution in [0.15, 0.2) is 78.9 Å². The number of hydrogen-bond donors (Lipinski definition) is 1. The summed E-state index contributed by atoms with van der Waals surface area (Å²) in [7, 11) is 1.57. The molecule has 0 aromatic heterocycles. The van der Waals surface area contributed by atoms with E-state index < -0.39 is 33.3 Å². The molecule has 43 heavy (non-hydrogen) atoms. The number of likely N-dealkylation sites (N-methyl/N-ethyl adjacent to an activating group) is 1. The summed E-state index contributed by atoms with van der Waals surface area (Å²) in [5.41, 5.74) is 0.172. The summed E-state index contributed by atoms with van der Waals surface area (Å²) in [6.45, 7) is 3.37. The number of carbonyl (C=O) groups excluding carboxylic acids is 3. The molecule has 6 rings (SSSR count). The van der Waals surface area contributed by atoms with Gasteiger partial charge in [0, 0.05) is 17.5 Å². The van der Waals surface area contributed by atoms with Crippen molar-refractivity contribution in [3.8, 4) is 17.6 Å². The predicted octanol–water partition coefficient (Wildman–Crippen LogP) is 5.04. The first-order chi connectivity index (χ1) is 20.5. The Kier molecular flexibility index (Phi) is 7.29. The van der Waals surface area contributed by atoms with E-state index >= 15 is 0 Å². The van der Waals surface area contributed by atoms with Crippen molar-refractivity contribution in [2.75, 3.05) is 13.8 Å². The third-order valence-electron chi connectivity index (χ3n) is 8.50. The Hall–Kier alpha value is -3.82. The van der Waals surface area contributed by atoms with Crippen LogP contribution in [0.25, 0.3) is 0 Å². The normalized spacial score (nSPS) is 29.7. The molecule has 220 valence electrons. The summed E-state index contributed by atoms with van der Waals surface area (Å²) in [6, 6.07) is 24.0. The Bertz CT molecular complexity index is 1650. The Morgan fingerprint density at radius 3 is 2.12 bits per heavy atom. The van der Waals surface area contributed by atoms with Gasteiger partial charge in [-0.2, -0.15) is 5.26 Å². The fraction of sp³-hybridized carbons (Fsp3) is 0.312. The predicted molar refractivity (Wildman–Crippen MR) is 162 cm³/mol. The summed E-state index contributed by atoms with van der Waals surface area (Å²) < 4.78 is 11.1. The van der Waals surface area contributed by atoms with Crippen LogP contribution in [0, 0.1) is 16.7 Å². The number of carbonyl (C=O) groups is 3. The summed E-state index contributed by atoms with van der Waals surface area (Å²) >= 11 is 1.64. The molecule has 0 aliphatic carbocycles. The van der Waals surface area contributed by atoms with E-state index in [2.05, 4.69) is 6.07 Å². The zero-order valence-electron chi connectivity index (χ0n) is 23.7. The number of hydrogen-bond acceptors (Lipinski definition) is 10. The minimum Gasteiger partial charge on any atom is -0.454 e. The van der Waals surface area contributed by atoms with Crippen LogP contribution in [0.3, 0.4) is 0 Å². The highest BCUT2D eigenvalue weighted by molar-refractivity contribution is 8.16. The number of fused-ring (bicyclic) bond motifs is 2. The molecule has 1 amide bonds. The average Bonchev–Trinajstić information content (AvgIpc) is 3.60. The molecular formula is C32H29N3O6S2. The van der Waals surface area contributed by atoms with E-state index in [1.165, 1.54) is 9.80 Å². The molecule has 2 fully saturated rings. The number of aliphatic hydroxyl groups is 1.